The Bertz CT molecular complexity index is 1610. The monoisotopic (exact) mass is 572 g/mol. The topological polar surface area (TPSA) is 160 Å². The third-order valence-electron chi connectivity index (χ3n) is 8.24. The van der Waals surface area contributed by atoms with Gasteiger partial charge >= 0.3 is 5.97 Å². The Labute approximate surface area is 243 Å². The Morgan fingerprint density at radius 1 is 1.17 bits per heavy atom. The Morgan fingerprint density at radius 2 is 1.90 bits per heavy atom. The van der Waals surface area contributed by atoms with E-state index in [0.717, 1.165) is 17.5 Å². The van der Waals surface area contributed by atoms with Gasteiger partial charge in [-0.2, -0.15) is 0 Å². The van der Waals surface area contributed by atoms with E-state index < -0.39 is 11.5 Å². The number of benzene rings is 2. The number of nitrogens with two attached hydrogens (primary N) is 1. The van der Waals surface area contributed by atoms with Gasteiger partial charge in [-0.15, -0.1) is 0 Å². The molecule has 1 aliphatic heterocycles. The van der Waals surface area contributed by atoms with Crippen LogP contribution in [0.2, 0.25) is 0 Å². The van der Waals surface area contributed by atoms with E-state index in [9.17, 15) is 19.2 Å². The smallest absolute Gasteiger partial charge is 0.307 e. The number of fused-ring (bicyclic) bond motifs is 1. The first-order valence-corrected chi connectivity index (χ1v) is 14.3. The third-order valence-corrected chi connectivity index (χ3v) is 8.24. The number of nitrogens with one attached hydrogen (secondary N) is 2. The zero-order valence-electron chi connectivity index (χ0n) is 23.9. The van der Waals surface area contributed by atoms with Crippen molar-refractivity contribution < 1.29 is 19.1 Å². The van der Waals surface area contributed by atoms with E-state index in [1.807, 2.05) is 30.3 Å². The lowest BCUT2D eigenvalue weighted by atomic mass is 9.93. The Hall–Kier alpha value is -4.54. The molecule has 0 radical (unpaired) electrons. The predicted octanol–water partition coefficient (Wildman–Crippen LogP) is 1.90. The highest BCUT2D eigenvalue weighted by Gasteiger charge is 2.55. The number of aryl methyl sites for hydroxylation is 1. The third kappa shape index (κ3) is 5.63. The van der Waals surface area contributed by atoms with E-state index in [2.05, 4.69) is 5.32 Å². The van der Waals surface area contributed by atoms with Gasteiger partial charge in [-0.25, -0.2) is 4.98 Å². The van der Waals surface area contributed by atoms with Crippen LogP contribution >= 0.6 is 0 Å². The fourth-order valence-electron chi connectivity index (χ4n) is 5.75. The highest BCUT2D eigenvalue weighted by atomic mass is 16.5. The highest BCUT2D eigenvalue weighted by Crippen LogP contribution is 2.51. The molecule has 1 aliphatic carbocycles. The van der Waals surface area contributed by atoms with Gasteiger partial charge in [0.2, 0.25) is 11.8 Å². The van der Waals surface area contributed by atoms with Crippen LogP contribution in [0.15, 0.2) is 47.3 Å². The van der Waals surface area contributed by atoms with Crippen LogP contribution in [-0.4, -0.2) is 63.8 Å². The van der Waals surface area contributed by atoms with Crippen LogP contribution in [0.5, 0.6) is 0 Å². The molecule has 11 heteroatoms. The maximum atomic E-state index is 13.9. The fourth-order valence-corrected chi connectivity index (χ4v) is 5.75. The number of carbonyl (C=O) groups is 3. The lowest BCUT2D eigenvalue weighted by Gasteiger charge is -2.28. The number of hydrogen-bond acceptors (Lipinski definition) is 7. The number of aromatic nitrogens is 2. The normalized spacial score (nSPS) is 17.2. The Morgan fingerprint density at radius 3 is 2.57 bits per heavy atom. The minimum absolute atomic E-state index is 0.0211. The molecule has 1 saturated heterocycles. The van der Waals surface area contributed by atoms with Gasteiger partial charge in [0, 0.05) is 32.1 Å². The average Bonchev–Trinajstić information content (AvgIpc) is 3.64. The van der Waals surface area contributed by atoms with Crippen molar-refractivity contribution in [3.8, 4) is 0 Å². The van der Waals surface area contributed by atoms with Crippen LogP contribution < -0.4 is 16.6 Å². The summed E-state index contributed by atoms with van der Waals surface area (Å²) >= 11 is 0. The molecule has 2 aliphatic rings. The Kier molecular flexibility index (Phi) is 8.11. The van der Waals surface area contributed by atoms with Crippen molar-refractivity contribution in [3.63, 3.8) is 0 Å². The van der Waals surface area contributed by atoms with Gasteiger partial charge in [-0.3, -0.25) is 24.6 Å². The second-order valence-electron chi connectivity index (χ2n) is 11.0. The molecule has 5 rings (SSSR count). The summed E-state index contributed by atoms with van der Waals surface area (Å²) in [7, 11) is 1.71. The SMILES string of the molecule is CCOC(=O)CCNC(=O)C1CCCN1C(=O)C1(c2ccc3c(c2)nc(Cc2ccc(C(=N)N)cc2)c(=O)n3C)CC1. The van der Waals surface area contributed by atoms with Crippen molar-refractivity contribution in [2.45, 2.75) is 56.9 Å². The summed E-state index contributed by atoms with van der Waals surface area (Å²) in [5.74, 6) is -0.713. The minimum atomic E-state index is -0.721. The van der Waals surface area contributed by atoms with Gasteiger partial charge in [-0.05, 0) is 55.9 Å². The molecule has 0 spiro atoms. The average molecular weight is 573 g/mol. The molecule has 4 N–H and O–H groups in total. The van der Waals surface area contributed by atoms with E-state index in [1.165, 1.54) is 0 Å². The number of esters is 1. The first-order valence-electron chi connectivity index (χ1n) is 14.3. The van der Waals surface area contributed by atoms with Crippen LogP contribution in [0.1, 0.15) is 61.4 Å². The number of nitrogens with zero attached hydrogens (tertiary/aromatic N) is 3. The number of nitrogen functional groups attached to an aromatic ring is 1. The first-order chi connectivity index (χ1) is 20.1. The van der Waals surface area contributed by atoms with E-state index in [4.69, 9.17) is 20.9 Å². The number of ether oxygens (including phenoxy) is 1. The van der Waals surface area contributed by atoms with Crippen molar-refractivity contribution in [1.82, 2.24) is 19.8 Å². The van der Waals surface area contributed by atoms with Crippen LogP contribution in [0.3, 0.4) is 0 Å². The molecule has 3 aromatic rings. The summed E-state index contributed by atoms with van der Waals surface area (Å²) in [4.78, 5) is 58.0. The second-order valence-corrected chi connectivity index (χ2v) is 11.0. The molecule has 1 aromatic heterocycles. The van der Waals surface area contributed by atoms with Crippen LogP contribution in [0.4, 0.5) is 0 Å². The Balaban J connectivity index is 1.36. The largest absolute Gasteiger partial charge is 0.466 e. The van der Waals surface area contributed by atoms with Gasteiger partial charge < -0.3 is 25.3 Å². The molecule has 1 saturated carbocycles. The minimum Gasteiger partial charge on any atom is -0.466 e. The first kappa shape index (κ1) is 29.0. The van der Waals surface area contributed by atoms with Crippen molar-refractivity contribution in [2.75, 3.05) is 19.7 Å². The van der Waals surface area contributed by atoms with E-state index >= 15 is 0 Å². The molecule has 220 valence electrons. The molecular weight excluding hydrogens is 536 g/mol. The summed E-state index contributed by atoms with van der Waals surface area (Å²) in [5, 5.41) is 10.4. The standard InChI is InChI=1S/C31H36N6O5/c1-3-42-26(38)12-15-34-28(39)25-5-4-16-37(25)30(41)31(13-14-31)21-10-11-24-22(18-21)35-23(29(40)36(24)2)17-19-6-8-20(9-7-19)27(32)33/h6-11,18,25H,3-5,12-17H2,1-2H3,(H3,32,33)(H,34,39). The second kappa shape index (κ2) is 11.8. The molecular formula is C31H36N6O5. The van der Waals surface area contributed by atoms with Gasteiger partial charge in [0.05, 0.1) is 29.5 Å². The van der Waals surface area contributed by atoms with Crippen molar-refractivity contribution in [3.05, 3.63) is 75.2 Å². The summed E-state index contributed by atoms with van der Waals surface area (Å²) in [6, 6.07) is 12.2. The van der Waals surface area contributed by atoms with E-state index in [-0.39, 0.29) is 48.8 Å². The molecule has 2 heterocycles. The fraction of sp³-hybridized carbons (Fsp3) is 0.419. The zero-order valence-corrected chi connectivity index (χ0v) is 23.9. The molecule has 42 heavy (non-hydrogen) atoms. The van der Waals surface area contributed by atoms with E-state index in [0.29, 0.717) is 54.5 Å². The number of amides is 2. The lowest BCUT2D eigenvalue weighted by Crippen LogP contribution is -2.49. The number of amidine groups is 1. The molecule has 11 nitrogen and oxygen atoms in total. The lowest BCUT2D eigenvalue weighted by molar-refractivity contribution is -0.143. The number of likely N-dealkylation sites (tertiary alicyclic amines) is 1. The molecule has 0 bridgehead atoms. The van der Waals surface area contributed by atoms with Crippen molar-refractivity contribution in [1.29, 1.82) is 5.41 Å². The van der Waals surface area contributed by atoms with Gasteiger partial charge in [-0.1, -0.05) is 30.3 Å². The number of carbonyl (C=O) groups excluding carboxylic acids is 3. The molecule has 2 amide bonds. The number of rotatable bonds is 10. The molecule has 2 fully saturated rings. The summed E-state index contributed by atoms with van der Waals surface area (Å²) in [5.41, 5.74) is 8.62. The van der Waals surface area contributed by atoms with Gasteiger partial charge in [0.15, 0.2) is 0 Å². The predicted molar refractivity (Wildman–Crippen MR) is 157 cm³/mol. The van der Waals surface area contributed by atoms with Gasteiger partial charge in [0.25, 0.3) is 5.56 Å². The van der Waals surface area contributed by atoms with Gasteiger partial charge in [0.1, 0.15) is 17.6 Å². The summed E-state index contributed by atoms with van der Waals surface area (Å²) < 4.78 is 6.49. The van der Waals surface area contributed by atoms with E-state index in [1.54, 1.807) is 35.6 Å². The van der Waals surface area contributed by atoms with Crippen LogP contribution in [-0.2, 0) is 38.0 Å². The summed E-state index contributed by atoms with van der Waals surface area (Å²) in [6.45, 7) is 2.69. The van der Waals surface area contributed by atoms with Crippen molar-refractivity contribution in [2.24, 2.45) is 12.8 Å². The highest BCUT2D eigenvalue weighted by molar-refractivity contribution is 5.96. The molecule has 1 unspecified atom stereocenters. The van der Waals surface area contributed by atoms with Crippen LogP contribution in [0.25, 0.3) is 11.0 Å². The maximum Gasteiger partial charge on any atom is 0.307 e. The molecule has 1 atom stereocenters. The van der Waals surface area contributed by atoms with Crippen LogP contribution in [0, 0.1) is 5.41 Å². The maximum absolute atomic E-state index is 13.9. The quantitative estimate of drug-likeness (QED) is 0.190. The summed E-state index contributed by atoms with van der Waals surface area (Å²) in [6.07, 6.45) is 3.05. The zero-order chi connectivity index (χ0) is 30.0. The number of hydrogen-bond donors (Lipinski definition) is 3. The van der Waals surface area contributed by atoms with Crippen molar-refractivity contribution >= 4 is 34.7 Å². The molecule has 2 aromatic carbocycles.